The number of nitrogens with one attached hydrogen (secondary N) is 2. The van der Waals surface area contributed by atoms with E-state index >= 15 is 0 Å². The predicted molar refractivity (Wildman–Crippen MR) is 107 cm³/mol. The molecule has 0 saturated carbocycles. The van der Waals surface area contributed by atoms with Gasteiger partial charge < -0.3 is 10.6 Å². The fraction of sp³-hybridized carbons (Fsp3) is 0.353. The van der Waals surface area contributed by atoms with E-state index in [4.69, 9.17) is 0 Å². The van der Waals surface area contributed by atoms with Gasteiger partial charge in [-0.15, -0.1) is 35.3 Å². The van der Waals surface area contributed by atoms with Gasteiger partial charge >= 0.3 is 0 Å². The number of rotatable bonds is 6. The Labute approximate surface area is 154 Å². The van der Waals surface area contributed by atoms with Gasteiger partial charge in [0.05, 0.1) is 6.54 Å². The zero-order chi connectivity index (χ0) is 14.9. The molecule has 0 fully saturated rings. The van der Waals surface area contributed by atoms with Gasteiger partial charge in [0.15, 0.2) is 5.96 Å². The van der Waals surface area contributed by atoms with Crippen LogP contribution in [0.3, 0.4) is 0 Å². The number of benzene rings is 1. The van der Waals surface area contributed by atoms with E-state index in [0.29, 0.717) is 6.54 Å². The summed E-state index contributed by atoms with van der Waals surface area (Å²) in [6, 6.07) is 12.7. The standard InChI is InChI=1S/C17H23N3S.HI/c1-3-18-17(19-11-10-16-9-6-12-21-16)20-13-15-8-5-4-7-14(15)2;/h4-9,12H,3,10-11,13H2,1-2H3,(H2,18,19,20);1H. The SMILES string of the molecule is CCNC(=NCc1ccccc1C)NCCc1cccs1.I. The van der Waals surface area contributed by atoms with Gasteiger partial charge in [-0.25, -0.2) is 4.99 Å². The molecule has 0 aliphatic heterocycles. The van der Waals surface area contributed by atoms with E-state index in [0.717, 1.165) is 25.5 Å². The number of hydrogen-bond acceptors (Lipinski definition) is 2. The van der Waals surface area contributed by atoms with Crippen LogP contribution in [0.4, 0.5) is 0 Å². The lowest BCUT2D eigenvalue weighted by molar-refractivity contribution is 0.804. The summed E-state index contributed by atoms with van der Waals surface area (Å²) in [5, 5.41) is 8.81. The molecule has 1 aromatic heterocycles. The molecule has 2 N–H and O–H groups in total. The van der Waals surface area contributed by atoms with Crippen LogP contribution in [0.1, 0.15) is 22.9 Å². The highest BCUT2D eigenvalue weighted by molar-refractivity contribution is 14.0. The molecule has 0 aliphatic carbocycles. The summed E-state index contributed by atoms with van der Waals surface area (Å²) >= 11 is 1.80. The topological polar surface area (TPSA) is 36.4 Å². The minimum Gasteiger partial charge on any atom is -0.357 e. The van der Waals surface area contributed by atoms with Gasteiger partial charge in [-0.05, 0) is 42.8 Å². The van der Waals surface area contributed by atoms with Crippen molar-refractivity contribution in [2.45, 2.75) is 26.8 Å². The maximum Gasteiger partial charge on any atom is 0.191 e. The molecule has 0 saturated heterocycles. The lowest BCUT2D eigenvalue weighted by atomic mass is 10.1. The molecule has 0 bridgehead atoms. The summed E-state index contributed by atoms with van der Waals surface area (Å²) in [4.78, 5) is 6.06. The number of halogens is 1. The van der Waals surface area contributed by atoms with Crippen molar-refractivity contribution in [2.24, 2.45) is 4.99 Å². The summed E-state index contributed by atoms with van der Waals surface area (Å²) in [6.45, 7) is 6.70. The predicted octanol–water partition coefficient (Wildman–Crippen LogP) is 3.97. The number of thiophene rings is 1. The van der Waals surface area contributed by atoms with Gasteiger partial charge in [0.25, 0.3) is 0 Å². The lowest BCUT2D eigenvalue weighted by Crippen LogP contribution is -2.38. The van der Waals surface area contributed by atoms with Gasteiger partial charge in [-0.2, -0.15) is 0 Å². The number of aliphatic imine (C=N–C) groups is 1. The molecule has 0 atom stereocenters. The number of hydrogen-bond donors (Lipinski definition) is 2. The van der Waals surface area contributed by atoms with Crippen molar-refractivity contribution in [3.8, 4) is 0 Å². The van der Waals surface area contributed by atoms with Crippen LogP contribution in [0.2, 0.25) is 0 Å². The highest BCUT2D eigenvalue weighted by Crippen LogP contribution is 2.09. The normalized spacial score (nSPS) is 10.9. The maximum absolute atomic E-state index is 4.66. The van der Waals surface area contributed by atoms with Crippen molar-refractivity contribution in [3.63, 3.8) is 0 Å². The average Bonchev–Trinajstić information content (AvgIpc) is 2.99. The summed E-state index contributed by atoms with van der Waals surface area (Å²) in [5.74, 6) is 0.886. The largest absolute Gasteiger partial charge is 0.357 e. The molecule has 120 valence electrons. The van der Waals surface area contributed by atoms with Crippen LogP contribution >= 0.6 is 35.3 Å². The van der Waals surface area contributed by atoms with Crippen LogP contribution in [-0.4, -0.2) is 19.0 Å². The third-order valence-corrected chi connectivity index (χ3v) is 4.19. The average molecular weight is 429 g/mol. The van der Waals surface area contributed by atoms with E-state index < -0.39 is 0 Å². The van der Waals surface area contributed by atoms with E-state index in [1.54, 1.807) is 11.3 Å². The second-order valence-corrected chi connectivity index (χ2v) is 5.91. The molecule has 1 aromatic carbocycles. The van der Waals surface area contributed by atoms with Crippen LogP contribution in [0.5, 0.6) is 0 Å². The Balaban J connectivity index is 0.00000242. The molecule has 2 rings (SSSR count). The van der Waals surface area contributed by atoms with Gasteiger partial charge in [0.2, 0.25) is 0 Å². The highest BCUT2D eigenvalue weighted by atomic mass is 127. The molecule has 0 spiro atoms. The Morgan fingerprint density at radius 1 is 1.14 bits per heavy atom. The third kappa shape index (κ3) is 6.36. The molecular formula is C17H24IN3S. The highest BCUT2D eigenvalue weighted by Gasteiger charge is 2.00. The van der Waals surface area contributed by atoms with Crippen molar-refractivity contribution in [1.82, 2.24) is 10.6 Å². The molecule has 2 aromatic rings. The van der Waals surface area contributed by atoms with E-state index in [1.165, 1.54) is 16.0 Å². The molecule has 5 heteroatoms. The smallest absolute Gasteiger partial charge is 0.191 e. The first-order valence-corrected chi connectivity index (χ1v) is 8.26. The van der Waals surface area contributed by atoms with Crippen molar-refractivity contribution in [2.75, 3.05) is 13.1 Å². The second kappa shape index (κ2) is 10.6. The summed E-state index contributed by atoms with van der Waals surface area (Å²) in [7, 11) is 0. The zero-order valence-electron chi connectivity index (χ0n) is 13.1. The van der Waals surface area contributed by atoms with E-state index in [2.05, 4.69) is 71.3 Å². The number of guanidine groups is 1. The Morgan fingerprint density at radius 2 is 1.95 bits per heavy atom. The lowest BCUT2D eigenvalue weighted by Gasteiger charge is -2.11. The maximum atomic E-state index is 4.66. The van der Waals surface area contributed by atoms with Crippen LogP contribution < -0.4 is 10.6 Å². The number of nitrogens with zero attached hydrogens (tertiary/aromatic N) is 1. The summed E-state index contributed by atoms with van der Waals surface area (Å²) in [6.07, 6.45) is 1.03. The van der Waals surface area contributed by atoms with Gasteiger partial charge in [0.1, 0.15) is 0 Å². The molecule has 22 heavy (non-hydrogen) atoms. The fourth-order valence-electron chi connectivity index (χ4n) is 2.05. The van der Waals surface area contributed by atoms with E-state index in [9.17, 15) is 0 Å². The van der Waals surface area contributed by atoms with E-state index in [1.807, 2.05) is 0 Å². The van der Waals surface area contributed by atoms with Crippen LogP contribution in [0, 0.1) is 6.92 Å². The Morgan fingerprint density at radius 3 is 2.64 bits per heavy atom. The van der Waals surface area contributed by atoms with Gasteiger partial charge in [0, 0.05) is 18.0 Å². The van der Waals surface area contributed by atoms with Crippen LogP contribution in [0.25, 0.3) is 0 Å². The fourth-order valence-corrected chi connectivity index (χ4v) is 2.76. The van der Waals surface area contributed by atoms with Crippen LogP contribution in [-0.2, 0) is 13.0 Å². The summed E-state index contributed by atoms with van der Waals surface area (Å²) in [5.41, 5.74) is 2.56. The molecular weight excluding hydrogens is 405 g/mol. The Bertz CT molecular complexity index is 567. The van der Waals surface area contributed by atoms with Crippen LogP contribution in [0.15, 0.2) is 46.8 Å². The molecule has 0 amide bonds. The minimum absolute atomic E-state index is 0. The van der Waals surface area contributed by atoms with Crippen molar-refractivity contribution in [1.29, 1.82) is 0 Å². The molecule has 3 nitrogen and oxygen atoms in total. The van der Waals surface area contributed by atoms with Gasteiger partial charge in [-0.1, -0.05) is 30.3 Å². The first kappa shape index (κ1) is 19.0. The van der Waals surface area contributed by atoms with Crippen molar-refractivity contribution >= 4 is 41.3 Å². The minimum atomic E-state index is 0. The van der Waals surface area contributed by atoms with Gasteiger partial charge in [-0.3, -0.25) is 0 Å². The summed E-state index contributed by atoms with van der Waals surface area (Å²) < 4.78 is 0. The zero-order valence-corrected chi connectivity index (χ0v) is 16.3. The first-order chi connectivity index (χ1) is 10.3. The van der Waals surface area contributed by atoms with Crippen molar-refractivity contribution in [3.05, 3.63) is 57.8 Å². The monoisotopic (exact) mass is 429 g/mol. The molecule has 0 radical (unpaired) electrons. The number of aryl methyl sites for hydroxylation is 1. The molecule has 1 heterocycles. The van der Waals surface area contributed by atoms with Crippen molar-refractivity contribution < 1.29 is 0 Å². The quantitative estimate of drug-likeness (QED) is 0.414. The Kier molecular flexibility index (Phi) is 9.15. The molecule has 0 unspecified atom stereocenters. The Hall–Kier alpha value is -1.08. The first-order valence-electron chi connectivity index (χ1n) is 7.38. The third-order valence-electron chi connectivity index (χ3n) is 3.26. The second-order valence-electron chi connectivity index (χ2n) is 4.88. The van der Waals surface area contributed by atoms with E-state index in [-0.39, 0.29) is 24.0 Å². The molecule has 0 aliphatic rings.